The van der Waals surface area contributed by atoms with Gasteiger partial charge in [0.1, 0.15) is 0 Å². The first-order valence-corrected chi connectivity index (χ1v) is 4.99. The highest BCUT2D eigenvalue weighted by molar-refractivity contribution is 7.80. The number of halogens is 2. The average Bonchev–Trinajstić information content (AvgIpc) is 2.12. The fourth-order valence-electron chi connectivity index (χ4n) is 1.51. The van der Waals surface area contributed by atoms with Crippen molar-refractivity contribution in [2.75, 3.05) is 11.9 Å². The molecule has 1 aliphatic rings. The van der Waals surface area contributed by atoms with Crippen LogP contribution in [0.2, 0.25) is 5.02 Å². The second kappa shape index (κ2) is 3.39. The molecule has 1 aromatic carbocycles. The van der Waals surface area contributed by atoms with E-state index in [1.807, 2.05) is 6.07 Å². The first kappa shape index (κ1) is 9.16. The van der Waals surface area contributed by atoms with Gasteiger partial charge in [-0.2, -0.15) is 12.6 Å². The summed E-state index contributed by atoms with van der Waals surface area (Å²) >= 11 is 10.0. The van der Waals surface area contributed by atoms with Gasteiger partial charge in [-0.05, 0) is 18.1 Å². The molecule has 0 aliphatic carbocycles. The van der Waals surface area contributed by atoms with E-state index in [4.69, 9.17) is 11.6 Å². The van der Waals surface area contributed by atoms with Crippen LogP contribution in [0.1, 0.15) is 17.2 Å². The Labute approximate surface area is 86.7 Å². The normalized spacial score (nSPS) is 20.7. The molecule has 0 saturated carbocycles. The molecule has 0 radical (unpaired) electrons. The van der Waals surface area contributed by atoms with E-state index in [1.165, 1.54) is 0 Å². The fraction of sp³-hybridized carbons (Fsp3) is 0.333. The zero-order chi connectivity index (χ0) is 9.42. The van der Waals surface area contributed by atoms with E-state index < -0.39 is 0 Å². The fourth-order valence-corrected chi connectivity index (χ4v) is 2.01. The van der Waals surface area contributed by atoms with Crippen molar-refractivity contribution < 1.29 is 4.39 Å². The maximum atomic E-state index is 13.4. The zero-order valence-corrected chi connectivity index (χ0v) is 8.50. The van der Waals surface area contributed by atoms with Gasteiger partial charge in [0.25, 0.3) is 0 Å². The van der Waals surface area contributed by atoms with E-state index in [1.54, 1.807) is 6.07 Å². The summed E-state index contributed by atoms with van der Waals surface area (Å²) in [6, 6.07) is 3.40. The Kier molecular flexibility index (Phi) is 2.39. The Morgan fingerprint density at radius 1 is 1.54 bits per heavy atom. The van der Waals surface area contributed by atoms with Gasteiger partial charge < -0.3 is 5.32 Å². The molecule has 0 bridgehead atoms. The second-order valence-electron chi connectivity index (χ2n) is 3.06. The molecule has 1 atom stereocenters. The van der Waals surface area contributed by atoms with Gasteiger partial charge in [0, 0.05) is 11.8 Å². The van der Waals surface area contributed by atoms with Crippen molar-refractivity contribution in [3.8, 4) is 0 Å². The van der Waals surface area contributed by atoms with Crippen molar-refractivity contribution in [2.24, 2.45) is 0 Å². The summed E-state index contributed by atoms with van der Waals surface area (Å²) in [6.07, 6.45) is 0.914. The predicted molar refractivity (Wildman–Crippen MR) is 56.2 cm³/mol. The third-order valence-corrected chi connectivity index (χ3v) is 3.03. The van der Waals surface area contributed by atoms with E-state index in [-0.39, 0.29) is 16.1 Å². The van der Waals surface area contributed by atoms with Gasteiger partial charge in [-0.25, -0.2) is 4.39 Å². The molecule has 0 saturated heterocycles. The van der Waals surface area contributed by atoms with E-state index in [9.17, 15) is 4.39 Å². The molecule has 0 aromatic heterocycles. The summed E-state index contributed by atoms with van der Waals surface area (Å²) in [7, 11) is 0. The molecule has 13 heavy (non-hydrogen) atoms. The van der Waals surface area contributed by atoms with Crippen LogP contribution in [0.3, 0.4) is 0 Å². The van der Waals surface area contributed by atoms with Gasteiger partial charge in [-0.1, -0.05) is 17.7 Å². The number of hydrogen-bond acceptors (Lipinski definition) is 2. The summed E-state index contributed by atoms with van der Waals surface area (Å²) in [5.74, 6) is -0.363. The number of benzene rings is 1. The Balaban J connectivity index is 2.56. The van der Waals surface area contributed by atoms with Crippen LogP contribution in [-0.2, 0) is 0 Å². The molecule has 2 rings (SSSR count). The van der Waals surface area contributed by atoms with Crippen LogP contribution in [-0.4, -0.2) is 6.54 Å². The minimum absolute atomic E-state index is 0.114. The molecule has 1 aromatic rings. The largest absolute Gasteiger partial charge is 0.382 e. The zero-order valence-electron chi connectivity index (χ0n) is 6.85. The first-order valence-electron chi connectivity index (χ1n) is 4.10. The van der Waals surface area contributed by atoms with Crippen molar-refractivity contribution in [3.05, 3.63) is 28.5 Å². The summed E-state index contributed by atoms with van der Waals surface area (Å²) in [5.41, 5.74) is 1.41. The van der Waals surface area contributed by atoms with Gasteiger partial charge in [0.2, 0.25) is 0 Å². The standard InChI is InChI=1S/C9H9ClFNS/c10-6-2-1-5-7(13)3-4-12-9(5)8(6)11/h1-2,7,12-13H,3-4H2. The molecule has 0 amide bonds. The highest BCUT2D eigenvalue weighted by Crippen LogP contribution is 2.37. The minimum Gasteiger partial charge on any atom is -0.382 e. The molecular formula is C9H9ClFNS. The van der Waals surface area contributed by atoms with E-state index in [0.29, 0.717) is 5.69 Å². The van der Waals surface area contributed by atoms with E-state index in [2.05, 4.69) is 17.9 Å². The smallest absolute Gasteiger partial charge is 0.165 e. The second-order valence-corrected chi connectivity index (χ2v) is 4.09. The Bertz CT molecular complexity index is 343. The van der Waals surface area contributed by atoms with Gasteiger partial charge in [-0.3, -0.25) is 0 Å². The van der Waals surface area contributed by atoms with Gasteiger partial charge in [0.05, 0.1) is 10.7 Å². The quantitative estimate of drug-likeness (QED) is 0.636. The molecule has 1 unspecified atom stereocenters. The Hall–Kier alpha value is -0.410. The van der Waals surface area contributed by atoms with Crippen LogP contribution in [0, 0.1) is 5.82 Å². The average molecular weight is 218 g/mol. The molecule has 0 spiro atoms. The summed E-state index contributed by atoms with van der Waals surface area (Å²) < 4.78 is 13.4. The number of fused-ring (bicyclic) bond motifs is 1. The molecule has 4 heteroatoms. The molecule has 1 heterocycles. The third-order valence-electron chi connectivity index (χ3n) is 2.21. The third kappa shape index (κ3) is 1.51. The highest BCUT2D eigenvalue weighted by atomic mass is 35.5. The van der Waals surface area contributed by atoms with Gasteiger partial charge >= 0.3 is 0 Å². The SMILES string of the molecule is Fc1c(Cl)ccc2c1NCCC2S. The van der Waals surface area contributed by atoms with Crippen LogP contribution >= 0.6 is 24.2 Å². The van der Waals surface area contributed by atoms with E-state index in [0.717, 1.165) is 18.5 Å². The Morgan fingerprint density at radius 2 is 2.31 bits per heavy atom. The lowest BCUT2D eigenvalue weighted by Crippen LogP contribution is -2.15. The van der Waals surface area contributed by atoms with Crippen molar-refractivity contribution >= 4 is 29.9 Å². The highest BCUT2D eigenvalue weighted by Gasteiger charge is 2.20. The summed E-state index contributed by atoms with van der Waals surface area (Å²) in [6.45, 7) is 0.748. The molecule has 1 N–H and O–H groups in total. The van der Waals surface area contributed by atoms with Crippen molar-refractivity contribution in [2.45, 2.75) is 11.7 Å². The maximum absolute atomic E-state index is 13.4. The number of nitrogens with one attached hydrogen (secondary N) is 1. The molecule has 0 fully saturated rings. The van der Waals surface area contributed by atoms with E-state index >= 15 is 0 Å². The summed E-state index contributed by atoms with van der Waals surface area (Å²) in [5, 5.41) is 3.27. The molecule has 70 valence electrons. The van der Waals surface area contributed by atoms with Crippen LogP contribution in [0.5, 0.6) is 0 Å². The van der Waals surface area contributed by atoms with Gasteiger partial charge in [-0.15, -0.1) is 0 Å². The lowest BCUT2D eigenvalue weighted by atomic mass is 10.0. The first-order chi connectivity index (χ1) is 6.20. The predicted octanol–water partition coefficient (Wildman–Crippen LogP) is 3.27. The lowest BCUT2D eigenvalue weighted by Gasteiger charge is -2.23. The van der Waals surface area contributed by atoms with Crippen LogP contribution < -0.4 is 5.32 Å². The van der Waals surface area contributed by atoms with Crippen molar-refractivity contribution in [1.82, 2.24) is 0 Å². The number of anilines is 1. The van der Waals surface area contributed by atoms with Crippen LogP contribution in [0.4, 0.5) is 10.1 Å². The maximum Gasteiger partial charge on any atom is 0.165 e. The van der Waals surface area contributed by atoms with Crippen molar-refractivity contribution in [1.29, 1.82) is 0 Å². The molecule has 1 aliphatic heterocycles. The van der Waals surface area contributed by atoms with Crippen LogP contribution in [0.15, 0.2) is 12.1 Å². The number of thiol groups is 1. The lowest BCUT2D eigenvalue weighted by molar-refractivity contribution is 0.622. The minimum atomic E-state index is -0.363. The Morgan fingerprint density at radius 3 is 3.08 bits per heavy atom. The number of rotatable bonds is 0. The molecular weight excluding hydrogens is 209 g/mol. The topological polar surface area (TPSA) is 12.0 Å². The number of hydrogen-bond donors (Lipinski definition) is 2. The monoisotopic (exact) mass is 217 g/mol. The summed E-state index contributed by atoms with van der Waals surface area (Å²) in [4.78, 5) is 0. The molecule has 1 nitrogen and oxygen atoms in total. The van der Waals surface area contributed by atoms with Crippen molar-refractivity contribution in [3.63, 3.8) is 0 Å². The van der Waals surface area contributed by atoms with Gasteiger partial charge in [0.15, 0.2) is 5.82 Å². The van der Waals surface area contributed by atoms with Crippen LogP contribution in [0.25, 0.3) is 0 Å².